The third-order valence-corrected chi connectivity index (χ3v) is 6.63. The molecule has 2 aromatic rings. The molecule has 0 radical (unpaired) electrons. The van der Waals surface area contributed by atoms with E-state index in [2.05, 4.69) is 24.5 Å². The number of nitrogens with two attached hydrogens (primary N) is 1. The molecule has 1 unspecified atom stereocenters. The highest BCUT2D eigenvalue weighted by atomic mass is 19.1. The maximum Gasteiger partial charge on any atom is 0.131 e. The molecule has 4 nitrogen and oxygen atoms in total. The molecule has 4 rings (SSSR count). The normalized spacial score (nSPS) is 17.9. The Morgan fingerprint density at radius 2 is 1.94 bits per heavy atom. The zero-order valence-corrected chi connectivity index (χ0v) is 20.3. The van der Waals surface area contributed by atoms with Gasteiger partial charge in [-0.3, -0.25) is 0 Å². The lowest BCUT2D eigenvalue weighted by molar-refractivity contribution is 0.562. The van der Waals surface area contributed by atoms with E-state index in [1.807, 2.05) is 69.5 Å². The van der Waals surface area contributed by atoms with Crippen LogP contribution in [0.1, 0.15) is 31.4 Å². The highest BCUT2D eigenvalue weighted by Gasteiger charge is 2.25. The van der Waals surface area contributed by atoms with Crippen molar-refractivity contribution in [2.24, 2.45) is 5.73 Å². The van der Waals surface area contributed by atoms with Crippen LogP contribution in [0.2, 0.25) is 0 Å². The lowest BCUT2D eigenvalue weighted by atomic mass is 9.89. The molecule has 176 valence electrons. The smallest absolute Gasteiger partial charge is 0.131 e. The minimum atomic E-state index is -0.289. The lowest BCUT2D eigenvalue weighted by Crippen LogP contribution is -2.39. The molecule has 2 aromatic carbocycles. The molecular weight excluding hydrogens is 435 g/mol. The van der Waals surface area contributed by atoms with Crippen molar-refractivity contribution in [3.8, 4) is 17.2 Å². The molecule has 1 aliphatic heterocycles. The van der Waals surface area contributed by atoms with Crippen molar-refractivity contribution >= 4 is 5.57 Å². The number of nitrogens with zero attached hydrogens (tertiary/aromatic N) is 2. The van der Waals surface area contributed by atoms with Gasteiger partial charge in [-0.1, -0.05) is 49.6 Å². The first-order chi connectivity index (χ1) is 16.7. The second kappa shape index (κ2) is 9.52. The van der Waals surface area contributed by atoms with Crippen LogP contribution in [-0.4, -0.2) is 10.9 Å². The minimum absolute atomic E-state index is 0.193. The van der Waals surface area contributed by atoms with Crippen LogP contribution in [0.5, 0.6) is 0 Å². The fourth-order valence-electron chi connectivity index (χ4n) is 4.36. The van der Waals surface area contributed by atoms with Crippen molar-refractivity contribution in [1.29, 1.82) is 5.26 Å². The van der Waals surface area contributed by atoms with E-state index in [1.54, 1.807) is 11.0 Å². The summed E-state index contributed by atoms with van der Waals surface area (Å²) < 4.78 is 14.8. The molecule has 35 heavy (non-hydrogen) atoms. The summed E-state index contributed by atoms with van der Waals surface area (Å²) in [5.41, 5.74) is 14.3. The van der Waals surface area contributed by atoms with Crippen LogP contribution >= 0.6 is 0 Å². The molecule has 1 atom stereocenters. The summed E-state index contributed by atoms with van der Waals surface area (Å²) in [5, 5.41) is 13.5. The third kappa shape index (κ3) is 4.56. The average molecular weight is 465 g/mol. The van der Waals surface area contributed by atoms with Gasteiger partial charge in [-0.2, -0.15) is 5.26 Å². The Hall–Kier alpha value is -4.30. The highest BCUT2D eigenvalue weighted by molar-refractivity contribution is 5.83. The molecule has 0 bridgehead atoms. The molecule has 0 fully saturated rings. The van der Waals surface area contributed by atoms with Crippen molar-refractivity contribution in [3.05, 3.63) is 125 Å². The van der Waals surface area contributed by atoms with E-state index >= 15 is 0 Å². The van der Waals surface area contributed by atoms with Crippen molar-refractivity contribution in [2.45, 2.75) is 33.2 Å². The van der Waals surface area contributed by atoms with E-state index in [1.165, 1.54) is 6.07 Å². The molecule has 0 spiro atoms. The Balaban J connectivity index is 1.64. The van der Waals surface area contributed by atoms with Gasteiger partial charge in [0.05, 0.1) is 6.04 Å². The zero-order chi connectivity index (χ0) is 25.3. The Kier molecular flexibility index (Phi) is 6.48. The average Bonchev–Trinajstić information content (AvgIpc) is 2.84. The predicted octanol–water partition coefficient (Wildman–Crippen LogP) is 6.43. The van der Waals surface area contributed by atoms with Crippen LogP contribution < -0.4 is 11.1 Å². The second-order valence-electron chi connectivity index (χ2n) is 8.98. The van der Waals surface area contributed by atoms with E-state index in [4.69, 9.17) is 5.73 Å². The lowest BCUT2D eigenvalue weighted by Gasteiger charge is -2.32. The predicted molar refractivity (Wildman–Crippen MR) is 141 cm³/mol. The standard InChI is InChI=1S/C30H29FN4/c1-18-10-11-26(27(31)14-18)25-9-7-6-8-24(25)20(3)30(17-32)35-13-12-23(15-19(35)2)22(5)34-29-16-28(33)21(29)4/h6-15,29,34H,2,5,16,33H2,1,3-4H3/b30-20+. The quantitative estimate of drug-likeness (QED) is 0.483. The van der Waals surface area contributed by atoms with Gasteiger partial charge in [-0.05, 0) is 66.8 Å². The molecule has 5 heteroatoms. The molecular formula is C30H29FN4. The van der Waals surface area contributed by atoms with Crippen LogP contribution in [0.3, 0.4) is 0 Å². The van der Waals surface area contributed by atoms with Gasteiger partial charge in [0, 0.05) is 40.8 Å². The molecule has 0 saturated heterocycles. The molecule has 1 aliphatic carbocycles. The Bertz CT molecular complexity index is 1400. The van der Waals surface area contributed by atoms with Crippen molar-refractivity contribution < 1.29 is 4.39 Å². The van der Waals surface area contributed by atoms with Crippen molar-refractivity contribution in [1.82, 2.24) is 10.2 Å². The van der Waals surface area contributed by atoms with E-state index in [0.717, 1.165) is 51.2 Å². The number of hydrogen-bond donors (Lipinski definition) is 2. The largest absolute Gasteiger partial charge is 0.402 e. The summed E-state index contributed by atoms with van der Waals surface area (Å²) in [7, 11) is 0. The van der Waals surface area contributed by atoms with Crippen molar-refractivity contribution in [3.63, 3.8) is 0 Å². The summed E-state index contributed by atoms with van der Waals surface area (Å²) >= 11 is 0. The number of halogens is 1. The summed E-state index contributed by atoms with van der Waals surface area (Å²) in [4.78, 5) is 1.75. The van der Waals surface area contributed by atoms with E-state index in [0.29, 0.717) is 17.0 Å². The molecule has 3 N–H and O–H groups in total. The van der Waals surface area contributed by atoms with Gasteiger partial charge >= 0.3 is 0 Å². The maximum absolute atomic E-state index is 14.8. The molecule has 0 aromatic heterocycles. The van der Waals surface area contributed by atoms with E-state index in [-0.39, 0.29) is 11.9 Å². The minimum Gasteiger partial charge on any atom is -0.402 e. The summed E-state index contributed by atoms with van der Waals surface area (Å²) in [6, 6.07) is 15.2. The van der Waals surface area contributed by atoms with Gasteiger partial charge < -0.3 is 16.0 Å². The summed E-state index contributed by atoms with van der Waals surface area (Å²) in [6.07, 6.45) is 6.42. The van der Waals surface area contributed by atoms with Gasteiger partial charge in [0.2, 0.25) is 0 Å². The van der Waals surface area contributed by atoms with Crippen LogP contribution in [0, 0.1) is 24.1 Å². The first-order valence-corrected chi connectivity index (χ1v) is 11.5. The second-order valence-corrected chi connectivity index (χ2v) is 8.98. The fourth-order valence-corrected chi connectivity index (χ4v) is 4.36. The molecule has 0 amide bonds. The highest BCUT2D eigenvalue weighted by Crippen LogP contribution is 2.35. The van der Waals surface area contributed by atoms with E-state index in [9.17, 15) is 9.65 Å². The van der Waals surface area contributed by atoms with Gasteiger partial charge in [-0.15, -0.1) is 0 Å². The SMILES string of the molecule is C=C(NC1CC(N)=C1C)C1=CC(=C)N(/C(C#N)=C(\C)c2ccccc2-c2ccc(C)cc2F)C=C1. The topological polar surface area (TPSA) is 65.1 Å². The van der Waals surface area contributed by atoms with Gasteiger partial charge in [0.1, 0.15) is 17.6 Å². The first kappa shape index (κ1) is 23.8. The number of allylic oxidation sites excluding steroid dienone is 4. The number of aryl methyl sites for hydroxylation is 1. The molecule has 0 saturated carbocycles. The van der Waals surface area contributed by atoms with Crippen LogP contribution in [0.25, 0.3) is 16.7 Å². The van der Waals surface area contributed by atoms with Gasteiger partial charge in [-0.25, -0.2) is 4.39 Å². The van der Waals surface area contributed by atoms with Crippen LogP contribution in [0.15, 0.2) is 108 Å². The number of nitrogens with one attached hydrogen (secondary N) is 1. The number of hydrogen-bond acceptors (Lipinski definition) is 4. The number of rotatable bonds is 6. The third-order valence-electron chi connectivity index (χ3n) is 6.63. The van der Waals surface area contributed by atoms with Crippen LogP contribution in [-0.2, 0) is 0 Å². The Labute approximate surface area is 206 Å². The number of benzene rings is 2. The summed E-state index contributed by atoms with van der Waals surface area (Å²) in [6.45, 7) is 14.1. The summed E-state index contributed by atoms with van der Waals surface area (Å²) in [5.74, 6) is -0.289. The first-order valence-electron chi connectivity index (χ1n) is 11.5. The van der Waals surface area contributed by atoms with Gasteiger partial charge in [0.15, 0.2) is 0 Å². The van der Waals surface area contributed by atoms with Gasteiger partial charge in [0.25, 0.3) is 0 Å². The molecule has 1 heterocycles. The Morgan fingerprint density at radius 1 is 1.20 bits per heavy atom. The van der Waals surface area contributed by atoms with E-state index < -0.39 is 0 Å². The van der Waals surface area contributed by atoms with Crippen LogP contribution in [0.4, 0.5) is 4.39 Å². The fraction of sp³-hybridized carbons (Fsp3) is 0.167. The number of nitriles is 1. The monoisotopic (exact) mass is 464 g/mol. The molecule has 2 aliphatic rings. The van der Waals surface area contributed by atoms with Crippen molar-refractivity contribution in [2.75, 3.05) is 0 Å². The zero-order valence-electron chi connectivity index (χ0n) is 20.3. The Morgan fingerprint density at radius 3 is 2.57 bits per heavy atom. The maximum atomic E-state index is 14.8.